The molecule has 1 heterocycles. The second-order valence-electron chi connectivity index (χ2n) is 4.15. The molecule has 0 radical (unpaired) electrons. The maximum absolute atomic E-state index is 12.6. The second-order valence-corrected chi connectivity index (χ2v) is 8.46. The van der Waals surface area contributed by atoms with Crippen molar-refractivity contribution in [1.82, 2.24) is 4.31 Å². The summed E-state index contributed by atoms with van der Waals surface area (Å²) in [6.45, 7) is 4.33. The zero-order valence-corrected chi connectivity index (χ0v) is 13.0. The molecule has 2 N–H and O–H groups in total. The summed E-state index contributed by atoms with van der Waals surface area (Å²) in [4.78, 5) is 1.18. The zero-order valence-electron chi connectivity index (χ0n) is 9.80. The first-order chi connectivity index (χ1) is 8.50. The van der Waals surface area contributed by atoms with Crippen LogP contribution in [-0.2, 0) is 16.6 Å². The van der Waals surface area contributed by atoms with E-state index in [0.29, 0.717) is 21.8 Å². The van der Waals surface area contributed by atoms with Crippen molar-refractivity contribution in [1.29, 1.82) is 0 Å². The fraction of sp³-hybridized carbons (Fsp3) is 0.455. The molecule has 18 heavy (non-hydrogen) atoms. The van der Waals surface area contributed by atoms with Crippen molar-refractivity contribution < 1.29 is 8.42 Å². The molecule has 7 heteroatoms. The minimum absolute atomic E-state index is 0.126. The van der Waals surface area contributed by atoms with Crippen molar-refractivity contribution in [3.05, 3.63) is 27.4 Å². The van der Waals surface area contributed by atoms with E-state index in [2.05, 4.69) is 22.5 Å². The Kier molecular flexibility index (Phi) is 4.28. The molecule has 1 aliphatic rings. The molecule has 1 saturated carbocycles. The molecule has 1 aromatic heterocycles. The predicted octanol–water partition coefficient (Wildman–Crippen LogP) is 2.31. The lowest BCUT2D eigenvalue weighted by atomic mass is 10.5. The number of nitrogens with two attached hydrogens (primary N) is 1. The molecule has 0 unspecified atom stereocenters. The van der Waals surface area contributed by atoms with E-state index in [4.69, 9.17) is 5.73 Å². The Morgan fingerprint density at radius 1 is 1.61 bits per heavy atom. The summed E-state index contributed by atoms with van der Waals surface area (Å²) in [6.07, 6.45) is 3.48. The van der Waals surface area contributed by atoms with E-state index in [1.165, 1.54) is 15.6 Å². The van der Waals surface area contributed by atoms with E-state index in [1.807, 2.05) is 0 Å². The zero-order chi connectivity index (χ0) is 13.3. The molecular weight excluding hydrogens is 336 g/mol. The van der Waals surface area contributed by atoms with Gasteiger partial charge in [-0.2, -0.15) is 4.31 Å². The summed E-state index contributed by atoms with van der Waals surface area (Å²) < 4.78 is 27.3. The van der Waals surface area contributed by atoms with Crippen LogP contribution in [0, 0.1) is 0 Å². The lowest BCUT2D eigenvalue weighted by Crippen LogP contribution is -2.33. The summed E-state index contributed by atoms with van der Waals surface area (Å²) in [6, 6.07) is 1.78. The van der Waals surface area contributed by atoms with Gasteiger partial charge in [-0.3, -0.25) is 0 Å². The lowest BCUT2D eigenvalue weighted by molar-refractivity contribution is 0.436. The van der Waals surface area contributed by atoms with Gasteiger partial charge in [-0.25, -0.2) is 8.42 Å². The minimum Gasteiger partial charge on any atom is -0.326 e. The Hall–Kier alpha value is -0.210. The number of rotatable bonds is 6. The van der Waals surface area contributed by atoms with Gasteiger partial charge >= 0.3 is 0 Å². The average Bonchev–Trinajstić information content (AvgIpc) is 3.08. The van der Waals surface area contributed by atoms with Crippen molar-refractivity contribution in [3.8, 4) is 0 Å². The van der Waals surface area contributed by atoms with Crippen LogP contribution in [0.5, 0.6) is 0 Å². The van der Waals surface area contributed by atoms with Crippen LogP contribution in [0.1, 0.15) is 17.7 Å². The Morgan fingerprint density at radius 2 is 2.28 bits per heavy atom. The molecular formula is C11H15BrN2O2S2. The van der Waals surface area contributed by atoms with Gasteiger partial charge in [0.15, 0.2) is 0 Å². The van der Waals surface area contributed by atoms with E-state index in [-0.39, 0.29) is 6.04 Å². The highest BCUT2D eigenvalue weighted by molar-refractivity contribution is 9.11. The number of hydrogen-bond donors (Lipinski definition) is 1. The topological polar surface area (TPSA) is 63.4 Å². The molecule has 0 saturated heterocycles. The Labute approximate surface area is 120 Å². The van der Waals surface area contributed by atoms with Gasteiger partial charge in [-0.05, 0) is 34.8 Å². The lowest BCUT2D eigenvalue weighted by Gasteiger charge is -2.19. The first-order valence-corrected chi connectivity index (χ1v) is 8.66. The van der Waals surface area contributed by atoms with Gasteiger partial charge in [0, 0.05) is 24.0 Å². The number of nitrogens with zero attached hydrogens (tertiary/aromatic N) is 1. The molecule has 0 atom stereocenters. The third kappa shape index (κ3) is 2.70. The Balaban J connectivity index is 2.38. The maximum Gasteiger partial charge on any atom is 0.245 e. The third-order valence-electron chi connectivity index (χ3n) is 2.76. The number of sulfonamides is 1. The molecule has 4 nitrogen and oxygen atoms in total. The van der Waals surface area contributed by atoms with Gasteiger partial charge in [-0.1, -0.05) is 6.08 Å². The van der Waals surface area contributed by atoms with Gasteiger partial charge in [0.1, 0.15) is 4.90 Å². The van der Waals surface area contributed by atoms with Crippen molar-refractivity contribution >= 4 is 37.3 Å². The van der Waals surface area contributed by atoms with Crippen LogP contribution in [-0.4, -0.2) is 25.3 Å². The van der Waals surface area contributed by atoms with E-state index in [1.54, 1.807) is 12.1 Å². The molecule has 0 bridgehead atoms. The van der Waals surface area contributed by atoms with Crippen molar-refractivity contribution in [2.75, 3.05) is 6.54 Å². The molecule has 0 aliphatic heterocycles. The van der Waals surface area contributed by atoms with Gasteiger partial charge in [0.2, 0.25) is 10.0 Å². The SMILES string of the molecule is C=CCN(C1CC1)S(=O)(=O)c1cc(CN)sc1Br. The molecule has 1 aliphatic carbocycles. The smallest absolute Gasteiger partial charge is 0.245 e. The van der Waals surface area contributed by atoms with Gasteiger partial charge in [0.05, 0.1) is 3.79 Å². The number of thiophene rings is 1. The van der Waals surface area contributed by atoms with Gasteiger partial charge < -0.3 is 5.73 Å². The van der Waals surface area contributed by atoms with Crippen LogP contribution in [0.15, 0.2) is 27.4 Å². The van der Waals surface area contributed by atoms with Crippen LogP contribution in [0.3, 0.4) is 0 Å². The van der Waals surface area contributed by atoms with Crippen molar-refractivity contribution in [2.24, 2.45) is 5.73 Å². The summed E-state index contributed by atoms with van der Waals surface area (Å²) in [7, 11) is -3.45. The van der Waals surface area contributed by atoms with Crippen LogP contribution in [0.2, 0.25) is 0 Å². The van der Waals surface area contributed by atoms with Crippen LogP contribution in [0.4, 0.5) is 0 Å². The third-order valence-corrected chi connectivity index (χ3v) is 6.95. The molecule has 0 amide bonds. The normalized spacial score (nSPS) is 16.2. The molecule has 0 spiro atoms. The van der Waals surface area contributed by atoms with Crippen LogP contribution < -0.4 is 5.73 Å². The van der Waals surface area contributed by atoms with E-state index in [0.717, 1.165) is 17.7 Å². The molecule has 1 fully saturated rings. The number of halogens is 1. The Morgan fingerprint density at radius 3 is 2.72 bits per heavy atom. The highest BCUT2D eigenvalue weighted by Crippen LogP contribution is 2.37. The maximum atomic E-state index is 12.6. The summed E-state index contributed by atoms with van der Waals surface area (Å²) in [5.74, 6) is 0. The van der Waals surface area contributed by atoms with Crippen molar-refractivity contribution in [3.63, 3.8) is 0 Å². The Bertz CT molecular complexity index is 549. The largest absolute Gasteiger partial charge is 0.326 e. The summed E-state index contributed by atoms with van der Waals surface area (Å²) >= 11 is 4.68. The summed E-state index contributed by atoms with van der Waals surface area (Å²) in [5, 5.41) is 0. The first kappa shape index (κ1) is 14.2. The van der Waals surface area contributed by atoms with Gasteiger partial charge in [-0.15, -0.1) is 17.9 Å². The molecule has 0 aromatic carbocycles. The van der Waals surface area contributed by atoms with E-state index in [9.17, 15) is 8.42 Å². The minimum atomic E-state index is -3.45. The van der Waals surface area contributed by atoms with Crippen LogP contribution in [0.25, 0.3) is 0 Å². The number of hydrogen-bond acceptors (Lipinski definition) is 4. The molecule has 100 valence electrons. The average molecular weight is 351 g/mol. The quantitative estimate of drug-likeness (QED) is 0.800. The predicted molar refractivity (Wildman–Crippen MR) is 77.0 cm³/mol. The highest BCUT2D eigenvalue weighted by Gasteiger charge is 2.38. The fourth-order valence-corrected chi connectivity index (χ4v) is 5.90. The van der Waals surface area contributed by atoms with Crippen LogP contribution >= 0.6 is 27.3 Å². The monoisotopic (exact) mass is 350 g/mol. The highest BCUT2D eigenvalue weighted by atomic mass is 79.9. The van der Waals surface area contributed by atoms with E-state index < -0.39 is 10.0 Å². The first-order valence-electron chi connectivity index (χ1n) is 5.61. The fourth-order valence-electron chi connectivity index (χ4n) is 1.73. The van der Waals surface area contributed by atoms with E-state index >= 15 is 0 Å². The molecule has 1 aromatic rings. The van der Waals surface area contributed by atoms with Gasteiger partial charge in [0.25, 0.3) is 0 Å². The standard InChI is InChI=1S/C11H15BrN2O2S2/c1-2-5-14(8-3-4-8)18(15,16)10-6-9(7-13)17-11(10)12/h2,6,8H,1,3-5,7,13H2. The summed E-state index contributed by atoms with van der Waals surface area (Å²) in [5.41, 5.74) is 5.55. The second kappa shape index (κ2) is 5.42. The van der Waals surface area contributed by atoms with Crippen molar-refractivity contribution in [2.45, 2.75) is 30.3 Å². The molecule has 2 rings (SSSR count).